The van der Waals surface area contributed by atoms with Crippen LogP contribution in [0.25, 0.3) is 0 Å². The van der Waals surface area contributed by atoms with E-state index in [-0.39, 0.29) is 11.9 Å². The average molecular weight is 268 g/mol. The number of rotatable bonds is 2. The molecule has 2 aliphatic rings. The van der Waals surface area contributed by atoms with E-state index in [9.17, 15) is 9.59 Å². The molecule has 5 heteroatoms. The number of urea groups is 1. The normalized spacial score (nSPS) is 25.1. The molecule has 1 N–H and O–H groups in total. The van der Waals surface area contributed by atoms with E-state index in [4.69, 9.17) is 5.11 Å². The van der Waals surface area contributed by atoms with E-state index < -0.39 is 5.97 Å². The van der Waals surface area contributed by atoms with Crippen LogP contribution in [0.2, 0.25) is 0 Å². The van der Waals surface area contributed by atoms with Gasteiger partial charge in [0.15, 0.2) is 0 Å². The standard InChI is InChI=1S/C14H24N2O3/c1-10(2)12-5-8-16(9-12)14(19)15-6-3-11(4-7-15)13(17)18/h10-12H,3-9H2,1-2H3,(H,17,18). The molecule has 0 aromatic carbocycles. The lowest BCUT2D eigenvalue weighted by atomic mass is 9.95. The molecule has 2 aliphatic heterocycles. The first kappa shape index (κ1) is 14.2. The second-order valence-corrected chi connectivity index (χ2v) is 6.12. The van der Waals surface area contributed by atoms with Gasteiger partial charge in [0.2, 0.25) is 0 Å². The molecule has 2 heterocycles. The van der Waals surface area contributed by atoms with Crippen LogP contribution < -0.4 is 0 Å². The zero-order valence-corrected chi connectivity index (χ0v) is 11.8. The first-order valence-electron chi connectivity index (χ1n) is 7.25. The van der Waals surface area contributed by atoms with Crippen molar-refractivity contribution >= 4 is 12.0 Å². The Bertz CT molecular complexity index is 349. The van der Waals surface area contributed by atoms with Gasteiger partial charge in [-0.15, -0.1) is 0 Å². The van der Waals surface area contributed by atoms with Gasteiger partial charge in [0.1, 0.15) is 0 Å². The van der Waals surface area contributed by atoms with E-state index in [1.54, 1.807) is 0 Å². The Morgan fingerprint density at radius 2 is 1.63 bits per heavy atom. The molecule has 1 unspecified atom stereocenters. The van der Waals surface area contributed by atoms with Gasteiger partial charge in [-0.1, -0.05) is 13.8 Å². The molecular formula is C14H24N2O3. The van der Waals surface area contributed by atoms with Crippen molar-refractivity contribution in [2.75, 3.05) is 26.2 Å². The summed E-state index contributed by atoms with van der Waals surface area (Å²) in [6, 6.07) is 0.104. The third kappa shape index (κ3) is 3.19. The smallest absolute Gasteiger partial charge is 0.320 e. The van der Waals surface area contributed by atoms with Crippen LogP contribution >= 0.6 is 0 Å². The van der Waals surface area contributed by atoms with Crippen LogP contribution in [0.4, 0.5) is 4.79 Å². The van der Waals surface area contributed by atoms with Gasteiger partial charge in [-0.25, -0.2) is 4.79 Å². The first-order chi connectivity index (χ1) is 8.99. The number of hydrogen-bond donors (Lipinski definition) is 1. The van der Waals surface area contributed by atoms with Crippen LogP contribution in [0, 0.1) is 17.8 Å². The Kier molecular flexibility index (Phi) is 4.32. The van der Waals surface area contributed by atoms with Crippen molar-refractivity contribution in [3.05, 3.63) is 0 Å². The van der Waals surface area contributed by atoms with E-state index in [2.05, 4.69) is 13.8 Å². The maximum atomic E-state index is 12.3. The summed E-state index contributed by atoms with van der Waals surface area (Å²) < 4.78 is 0. The molecule has 0 radical (unpaired) electrons. The summed E-state index contributed by atoms with van der Waals surface area (Å²) in [5, 5.41) is 8.96. The fourth-order valence-corrected chi connectivity index (χ4v) is 3.02. The molecule has 19 heavy (non-hydrogen) atoms. The molecule has 0 spiro atoms. The molecule has 0 aromatic heterocycles. The van der Waals surface area contributed by atoms with Crippen molar-refractivity contribution in [1.29, 1.82) is 0 Å². The Hall–Kier alpha value is -1.26. The maximum absolute atomic E-state index is 12.3. The summed E-state index contributed by atoms with van der Waals surface area (Å²) in [4.78, 5) is 27.0. The topological polar surface area (TPSA) is 60.9 Å². The number of carboxylic acid groups (broad SMARTS) is 1. The highest BCUT2D eigenvalue weighted by Crippen LogP contribution is 2.26. The lowest BCUT2D eigenvalue weighted by Crippen LogP contribution is -2.46. The fourth-order valence-electron chi connectivity index (χ4n) is 3.02. The van der Waals surface area contributed by atoms with Crippen LogP contribution in [0.5, 0.6) is 0 Å². The van der Waals surface area contributed by atoms with Crippen molar-refractivity contribution in [3.63, 3.8) is 0 Å². The fraction of sp³-hybridized carbons (Fsp3) is 0.857. The highest BCUT2D eigenvalue weighted by atomic mass is 16.4. The molecule has 5 nitrogen and oxygen atoms in total. The zero-order valence-electron chi connectivity index (χ0n) is 11.8. The monoisotopic (exact) mass is 268 g/mol. The number of carbonyl (C=O) groups excluding carboxylic acids is 1. The minimum atomic E-state index is -0.729. The number of aliphatic carboxylic acids is 1. The van der Waals surface area contributed by atoms with Gasteiger partial charge in [0.25, 0.3) is 0 Å². The number of carbonyl (C=O) groups is 2. The Morgan fingerprint density at radius 3 is 2.11 bits per heavy atom. The predicted molar refractivity (Wildman–Crippen MR) is 71.8 cm³/mol. The second-order valence-electron chi connectivity index (χ2n) is 6.12. The van der Waals surface area contributed by atoms with Gasteiger partial charge in [0.05, 0.1) is 5.92 Å². The summed E-state index contributed by atoms with van der Waals surface area (Å²) >= 11 is 0. The minimum Gasteiger partial charge on any atom is -0.481 e. The van der Waals surface area contributed by atoms with Crippen LogP contribution in [0.1, 0.15) is 33.1 Å². The average Bonchev–Trinajstić information content (AvgIpc) is 2.87. The van der Waals surface area contributed by atoms with E-state index in [1.165, 1.54) is 0 Å². The molecule has 0 aliphatic carbocycles. The zero-order chi connectivity index (χ0) is 14.0. The van der Waals surface area contributed by atoms with Crippen molar-refractivity contribution in [2.45, 2.75) is 33.1 Å². The van der Waals surface area contributed by atoms with Crippen LogP contribution in [0.3, 0.4) is 0 Å². The number of amides is 2. The quantitative estimate of drug-likeness (QED) is 0.832. The molecule has 2 amide bonds. The number of nitrogens with zero attached hydrogens (tertiary/aromatic N) is 2. The van der Waals surface area contributed by atoms with Gasteiger partial charge in [-0.05, 0) is 31.1 Å². The number of likely N-dealkylation sites (tertiary alicyclic amines) is 2. The molecule has 0 bridgehead atoms. The van der Waals surface area contributed by atoms with E-state index >= 15 is 0 Å². The van der Waals surface area contributed by atoms with Gasteiger partial charge in [0, 0.05) is 26.2 Å². The number of piperidine rings is 1. The van der Waals surface area contributed by atoms with E-state index in [0.717, 1.165) is 19.5 Å². The molecule has 0 aromatic rings. The maximum Gasteiger partial charge on any atom is 0.320 e. The third-order valence-electron chi connectivity index (χ3n) is 4.55. The third-order valence-corrected chi connectivity index (χ3v) is 4.55. The molecule has 2 fully saturated rings. The summed E-state index contributed by atoms with van der Waals surface area (Å²) in [6.45, 7) is 7.28. The molecule has 1 atom stereocenters. The summed E-state index contributed by atoms with van der Waals surface area (Å²) in [7, 11) is 0. The van der Waals surface area contributed by atoms with Crippen LogP contribution in [0.15, 0.2) is 0 Å². The Morgan fingerprint density at radius 1 is 1.05 bits per heavy atom. The lowest BCUT2D eigenvalue weighted by Gasteiger charge is -2.33. The largest absolute Gasteiger partial charge is 0.481 e. The van der Waals surface area contributed by atoms with Crippen molar-refractivity contribution in [3.8, 4) is 0 Å². The van der Waals surface area contributed by atoms with Crippen LogP contribution in [-0.4, -0.2) is 53.1 Å². The van der Waals surface area contributed by atoms with Crippen molar-refractivity contribution in [1.82, 2.24) is 9.80 Å². The predicted octanol–water partition coefficient (Wildman–Crippen LogP) is 1.88. The van der Waals surface area contributed by atoms with Crippen molar-refractivity contribution < 1.29 is 14.7 Å². The summed E-state index contributed by atoms with van der Waals surface area (Å²) in [6.07, 6.45) is 2.26. The molecule has 108 valence electrons. The number of hydrogen-bond acceptors (Lipinski definition) is 2. The highest BCUT2D eigenvalue weighted by Gasteiger charge is 2.33. The molecule has 2 rings (SSSR count). The SMILES string of the molecule is CC(C)C1CCN(C(=O)N2CCC(C(=O)O)CC2)C1. The van der Waals surface area contributed by atoms with Gasteiger partial charge in [-0.3, -0.25) is 4.79 Å². The van der Waals surface area contributed by atoms with E-state index in [0.29, 0.717) is 37.8 Å². The second kappa shape index (κ2) is 5.80. The summed E-state index contributed by atoms with van der Waals surface area (Å²) in [5.74, 6) is 0.232. The first-order valence-corrected chi connectivity index (χ1v) is 7.25. The Balaban J connectivity index is 1.83. The van der Waals surface area contributed by atoms with Gasteiger partial charge < -0.3 is 14.9 Å². The lowest BCUT2D eigenvalue weighted by molar-refractivity contribution is -0.143. The van der Waals surface area contributed by atoms with E-state index in [1.807, 2.05) is 9.80 Å². The highest BCUT2D eigenvalue weighted by molar-refractivity contribution is 5.75. The van der Waals surface area contributed by atoms with Gasteiger partial charge >= 0.3 is 12.0 Å². The molecule has 2 saturated heterocycles. The number of carboxylic acids is 1. The van der Waals surface area contributed by atoms with Crippen molar-refractivity contribution in [2.24, 2.45) is 17.8 Å². The van der Waals surface area contributed by atoms with Crippen LogP contribution in [-0.2, 0) is 4.79 Å². The summed E-state index contributed by atoms with van der Waals surface area (Å²) in [5.41, 5.74) is 0. The minimum absolute atomic E-state index is 0.104. The molecule has 0 saturated carbocycles. The Labute approximate surface area is 114 Å². The molecular weight excluding hydrogens is 244 g/mol. The van der Waals surface area contributed by atoms with Gasteiger partial charge in [-0.2, -0.15) is 0 Å².